The monoisotopic (exact) mass is 314 g/mol. The van der Waals surface area contributed by atoms with Crippen molar-refractivity contribution in [3.63, 3.8) is 0 Å². The Hall–Kier alpha value is -1.79. The van der Waals surface area contributed by atoms with Gasteiger partial charge in [0.1, 0.15) is 0 Å². The first-order valence-corrected chi connectivity index (χ1v) is 6.96. The standard InChI is InChI=1S/C16H15BrN2/c1-11(2)13-4-6-14(7-5-13)19-16-8-3-12(10-18)9-15(16)17/h3-9,11,19H,1-2H3. The van der Waals surface area contributed by atoms with Crippen LogP contribution in [0.4, 0.5) is 11.4 Å². The molecule has 2 aromatic rings. The molecule has 2 nitrogen and oxygen atoms in total. The number of halogens is 1. The predicted octanol–water partition coefficient (Wildman–Crippen LogP) is 5.19. The second kappa shape index (κ2) is 5.90. The Balaban J connectivity index is 2.19. The van der Waals surface area contributed by atoms with E-state index in [4.69, 9.17) is 5.26 Å². The van der Waals surface area contributed by atoms with Crippen molar-refractivity contribution in [3.05, 3.63) is 58.1 Å². The normalized spacial score (nSPS) is 10.3. The van der Waals surface area contributed by atoms with Gasteiger partial charge in [0.25, 0.3) is 0 Å². The van der Waals surface area contributed by atoms with Crippen LogP contribution in [-0.4, -0.2) is 0 Å². The van der Waals surface area contributed by atoms with Gasteiger partial charge in [-0.25, -0.2) is 0 Å². The minimum Gasteiger partial charge on any atom is -0.355 e. The van der Waals surface area contributed by atoms with E-state index in [9.17, 15) is 0 Å². The van der Waals surface area contributed by atoms with Crippen molar-refractivity contribution in [2.45, 2.75) is 19.8 Å². The summed E-state index contributed by atoms with van der Waals surface area (Å²) in [4.78, 5) is 0. The van der Waals surface area contributed by atoms with Gasteiger partial charge in [0.15, 0.2) is 0 Å². The first-order valence-electron chi connectivity index (χ1n) is 6.17. The summed E-state index contributed by atoms with van der Waals surface area (Å²) in [7, 11) is 0. The van der Waals surface area contributed by atoms with Crippen LogP contribution in [0.3, 0.4) is 0 Å². The van der Waals surface area contributed by atoms with Gasteiger partial charge in [-0.2, -0.15) is 5.26 Å². The maximum absolute atomic E-state index is 8.83. The van der Waals surface area contributed by atoms with Crippen LogP contribution in [0.25, 0.3) is 0 Å². The molecule has 96 valence electrons. The molecule has 0 radical (unpaired) electrons. The summed E-state index contributed by atoms with van der Waals surface area (Å²) in [5, 5.41) is 12.2. The highest BCUT2D eigenvalue weighted by atomic mass is 79.9. The lowest BCUT2D eigenvalue weighted by atomic mass is 10.0. The van der Waals surface area contributed by atoms with Gasteiger partial charge in [0, 0.05) is 10.2 Å². The van der Waals surface area contributed by atoms with Crippen LogP contribution in [-0.2, 0) is 0 Å². The summed E-state index contributed by atoms with van der Waals surface area (Å²) in [5.74, 6) is 0.538. The number of nitrogens with zero attached hydrogens (tertiary/aromatic N) is 1. The Bertz CT molecular complexity index is 610. The highest BCUT2D eigenvalue weighted by Crippen LogP contribution is 2.27. The van der Waals surface area contributed by atoms with Gasteiger partial charge in [0.2, 0.25) is 0 Å². The third-order valence-corrected chi connectivity index (χ3v) is 3.61. The summed E-state index contributed by atoms with van der Waals surface area (Å²) in [5.41, 5.74) is 3.96. The van der Waals surface area contributed by atoms with E-state index in [-0.39, 0.29) is 0 Å². The molecular weight excluding hydrogens is 300 g/mol. The molecule has 2 rings (SSSR count). The van der Waals surface area contributed by atoms with Crippen LogP contribution in [0.5, 0.6) is 0 Å². The Labute approximate surface area is 122 Å². The third kappa shape index (κ3) is 3.36. The molecule has 0 bridgehead atoms. The molecule has 0 aliphatic rings. The van der Waals surface area contributed by atoms with Gasteiger partial charge < -0.3 is 5.32 Å². The molecule has 0 saturated heterocycles. The van der Waals surface area contributed by atoms with E-state index < -0.39 is 0 Å². The van der Waals surface area contributed by atoms with E-state index in [1.165, 1.54) is 5.56 Å². The Morgan fingerprint density at radius 3 is 2.32 bits per heavy atom. The molecule has 1 N–H and O–H groups in total. The Morgan fingerprint density at radius 2 is 1.79 bits per heavy atom. The van der Waals surface area contributed by atoms with E-state index in [1.807, 2.05) is 12.1 Å². The molecule has 0 atom stereocenters. The highest BCUT2D eigenvalue weighted by Gasteiger charge is 2.03. The smallest absolute Gasteiger partial charge is 0.0992 e. The number of anilines is 2. The van der Waals surface area contributed by atoms with Crippen molar-refractivity contribution in [1.29, 1.82) is 5.26 Å². The van der Waals surface area contributed by atoms with Crippen molar-refractivity contribution in [2.75, 3.05) is 5.32 Å². The topological polar surface area (TPSA) is 35.8 Å². The van der Waals surface area contributed by atoms with Crippen molar-refractivity contribution in [1.82, 2.24) is 0 Å². The number of hydrogen-bond acceptors (Lipinski definition) is 2. The SMILES string of the molecule is CC(C)c1ccc(Nc2ccc(C#N)cc2Br)cc1. The van der Waals surface area contributed by atoms with E-state index in [2.05, 4.69) is 65.4 Å². The molecule has 0 fully saturated rings. The summed E-state index contributed by atoms with van der Waals surface area (Å²) >= 11 is 3.47. The summed E-state index contributed by atoms with van der Waals surface area (Å²) in [6.07, 6.45) is 0. The van der Waals surface area contributed by atoms with E-state index >= 15 is 0 Å². The Kier molecular flexibility index (Phi) is 4.24. The van der Waals surface area contributed by atoms with Crippen LogP contribution >= 0.6 is 15.9 Å². The summed E-state index contributed by atoms with van der Waals surface area (Å²) in [6, 6.07) is 16.0. The minimum atomic E-state index is 0.538. The average molecular weight is 315 g/mol. The van der Waals surface area contributed by atoms with Gasteiger partial charge in [-0.05, 0) is 57.7 Å². The molecule has 0 heterocycles. The quantitative estimate of drug-likeness (QED) is 0.846. The van der Waals surface area contributed by atoms with E-state index in [0.29, 0.717) is 11.5 Å². The number of rotatable bonds is 3. The lowest BCUT2D eigenvalue weighted by molar-refractivity contribution is 0.867. The molecule has 0 saturated carbocycles. The van der Waals surface area contributed by atoms with Crippen molar-refractivity contribution < 1.29 is 0 Å². The number of benzene rings is 2. The molecular formula is C16H15BrN2. The fraction of sp³-hybridized carbons (Fsp3) is 0.188. The second-order valence-corrected chi connectivity index (χ2v) is 5.56. The number of hydrogen-bond donors (Lipinski definition) is 1. The molecule has 0 aliphatic heterocycles. The molecule has 3 heteroatoms. The predicted molar refractivity (Wildman–Crippen MR) is 82.7 cm³/mol. The highest BCUT2D eigenvalue weighted by molar-refractivity contribution is 9.10. The average Bonchev–Trinajstić information content (AvgIpc) is 2.41. The summed E-state index contributed by atoms with van der Waals surface area (Å²) in [6.45, 7) is 4.36. The maximum Gasteiger partial charge on any atom is 0.0992 e. The van der Waals surface area contributed by atoms with Crippen molar-refractivity contribution in [3.8, 4) is 6.07 Å². The zero-order chi connectivity index (χ0) is 13.8. The fourth-order valence-electron chi connectivity index (χ4n) is 1.79. The fourth-order valence-corrected chi connectivity index (χ4v) is 2.27. The van der Waals surface area contributed by atoms with Crippen LogP contribution in [0.1, 0.15) is 30.9 Å². The number of nitrogens with one attached hydrogen (secondary N) is 1. The van der Waals surface area contributed by atoms with Crippen LogP contribution < -0.4 is 5.32 Å². The van der Waals surface area contributed by atoms with Crippen LogP contribution in [0.15, 0.2) is 46.9 Å². The van der Waals surface area contributed by atoms with Gasteiger partial charge in [-0.15, -0.1) is 0 Å². The lowest BCUT2D eigenvalue weighted by Crippen LogP contribution is -1.93. The first-order chi connectivity index (χ1) is 9.10. The molecule has 19 heavy (non-hydrogen) atoms. The largest absolute Gasteiger partial charge is 0.355 e. The second-order valence-electron chi connectivity index (χ2n) is 4.71. The zero-order valence-corrected chi connectivity index (χ0v) is 12.5. The zero-order valence-electron chi connectivity index (χ0n) is 10.9. The van der Waals surface area contributed by atoms with Crippen LogP contribution in [0.2, 0.25) is 0 Å². The van der Waals surface area contributed by atoms with Gasteiger partial charge in [-0.1, -0.05) is 26.0 Å². The molecule has 0 aliphatic carbocycles. The third-order valence-electron chi connectivity index (χ3n) is 2.95. The van der Waals surface area contributed by atoms with Crippen LogP contribution in [0, 0.1) is 11.3 Å². The molecule has 0 unspecified atom stereocenters. The minimum absolute atomic E-state index is 0.538. The first kappa shape index (κ1) is 13.6. The van der Waals surface area contributed by atoms with Crippen molar-refractivity contribution >= 4 is 27.3 Å². The molecule has 2 aromatic carbocycles. The van der Waals surface area contributed by atoms with Gasteiger partial charge in [-0.3, -0.25) is 0 Å². The summed E-state index contributed by atoms with van der Waals surface area (Å²) < 4.78 is 0.888. The maximum atomic E-state index is 8.83. The van der Waals surface area contributed by atoms with Crippen molar-refractivity contribution in [2.24, 2.45) is 0 Å². The van der Waals surface area contributed by atoms with Gasteiger partial charge >= 0.3 is 0 Å². The molecule has 0 aromatic heterocycles. The van der Waals surface area contributed by atoms with Gasteiger partial charge in [0.05, 0.1) is 17.3 Å². The Morgan fingerprint density at radius 1 is 1.11 bits per heavy atom. The van der Waals surface area contributed by atoms with E-state index in [1.54, 1.807) is 6.07 Å². The lowest BCUT2D eigenvalue weighted by Gasteiger charge is -2.10. The number of nitriles is 1. The van der Waals surface area contributed by atoms with E-state index in [0.717, 1.165) is 15.8 Å². The molecule has 0 amide bonds. The molecule has 0 spiro atoms.